The van der Waals surface area contributed by atoms with E-state index in [1.807, 2.05) is 31.2 Å². The molecule has 0 atom stereocenters. The molecular formula is C22H32ClN3O. The maximum absolute atomic E-state index is 12.3. The Bertz CT molecular complexity index is 763. The normalized spacial score (nSPS) is 11.3. The van der Waals surface area contributed by atoms with E-state index >= 15 is 0 Å². The summed E-state index contributed by atoms with van der Waals surface area (Å²) >= 11 is 6.08. The van der Waals surface area contributed by atoms with Gasteiger partial charge in [-0.1, -0.05) is 43.5 Å². The number of unbranched alkanes of at least 4 members (excludes halogenated alkanes) is 2. The van der Waals surface area contributed by atoms with E-state index in [-0.39, 0.29) is 5.91 Å². The van der Waals surface area contributed by atoms with Crippen molar-refractivity contribution in [1.29, 1.82) is 0 Å². The molecule has 2 aromatic rings. The van der Waals surface area contributed by atoms with Crippen LogP contribution in [0.5, 0.6) is 0 Å². The number of rotatable bonds is 10. The first kappa shape index (κ1) is 21.5. The summed E-state index contributed by atoms with van der Waals surface area (Å²) in [6.45, 7) is 6.11. The van der Waals surface area contributed by atoms with E-state index in [4.69, 9.17) is 17.3 Å². The van der Waals surface area contributed by atoms with E-state index < -0.39 is 0 Å². The quantitative estimate of drug-likeness (QED) is 0.587. The zero-order valence-corrected chi connectivity index (χ0v) is 17.8. The predicted molar refractivity (Wildman–Crippen MR) is 115 cm³/mol. The minimum absolute atomic E-state index is 0.361. The topological polar surface area (TPSA) is 51.3 Å². The van der Waals surface area contributed by atoms with Crippen LogP contribution in [0.15, 0.2) is 24.3 Å². The molecule has 1 aromatic carbocycles. The van der Waals surface area contributed by atoms with Crippen LogP contribution >= 0.6 is 11.6 Å². The highest BCUT2D eigenvalue weighted by atomic mass is 35.5. The van der Waals surface area contributed by atoms with Crippen LogP contribution in [0.2, 0.25) is 5.02 Å². The number of hydrogen-bond acceptors (Lipinski definition) is 2. The average molecular weight is 390 g/mol. The van der Waals surface area contributed by atoms with Crippen LogP contribution in [0.4, 0.5) is 0 Å². The molecule has 1 heterocycles. The smallest absolute Gasteiger partial charge is 0.251 e. The number of carbonyl (C=O) groups excluding carboxylic acids is 1. The second kappa shape index (κ2) is 9.95. The lowest BCUT2D eigenvalue weighted by molar-refractivity contribution is 0.1000. The third-order valence-corrected chi connectivity index (χ3v) is 5.27. The fourth-order valence-electron chi connectivity index (χ4n) is 3.68. The number of nitrogens with two attached hydrogens (primary N) is 1. The number of primary amides is 1. The first-order chi connectivity index (χ1) is 12.9. The van der Waals surface area contributed by atoms with E-state index in [2.05, 4.69) is 30.5 Å². The third kappa shape index (κ3) is 5.36. The molecule has 0 saturated heterocycles. The van der Waals surface area contributed by atoms with E-state index in [1.54, 1.807) is 0 Å². The summed E-state index contributed by atoms with van der Waals surface area (Å²) in [5.41, 5.74) is 10.6. The van der Waals surface area contributed by atoms with Crippen LogP contribution < -0.4 is 5.73 Å². The van der Waals surface area contributed by atoms with Gasteiger partial charge in [-0.05, 0) is 64.5 Å². The summed E-state index contributed by atoms with van der Waals surface area (Å²) in [7, 11) is 4.16. The number of aromatic nitrogens is 1. The minimum atomic E-state index is -0.361. The van der Waals surface area contributed by atoms with Crippen molar-refractivity contribution in [3.05, 3.63) is 46.2 Å². The third-order valence-electron chi connectivity index (χ3n) is 5.01. The first-order valence-corrected chi connectivity index (χ1v) is 10.2. The van der Waals surface area contributed by atoms with Crippen LogP contribution in [-0.2, 0) is 13.0 Å². The van der Waals surface area contributed by atoms with Crippen LogP contribution in [0.3, 0.4) is 0 Å². The summed E-state index contributed by atoms with van der Waals surface area (Å²) in [6, 6.07) is 7.71. The molecule has 0 saturated carbocycles. The monoisotopic (exact) mass is 389 g/mol. The van der Waals surface area contributed by atoms with Gasteiger partial charge in [-0.15, -0.1) is 0 Å². The van der Waals surface area contributed by atoms with Gasteiger partial charge in [0.05, 0.1) is 5.56 Å². The molecule has 2 rings (SSSR count). The van der Waals surface area contributed by atoms with Crippen molar-refractivity contribution >= 4 is 17.5 Å². The van der Waals surface area contributed by atoms with Crippen LogP contribution in [0.25, 0.3) is 11.1 Å². The summed E-state index contributed by atoms with van der Waals surface area (Å²) < 4.78 is 2.31. The number of carbonyl (C=O) groups is 1. The van der Waals surface area contributed by atoms with E-state index in [9.17, 15) is 4.79 Å². The van der Waals surface area contributed by atoms with Crippen molar-refractivity contribution in [2.45, 2.75) is 52.5 Å². The maximum atomic E-state index is 12.3. The van der Waals surface area contributed by atoms with Crippen molar-refractivity contribution in [2.24, 2.45) is 5.73 Å². The Hall–Kier alpha value is -1.78. The molecule has 0 aliphatic rings. The Morgan fingerprint density at radius 2 is 1.81 bits per heavy atom. The number of amides is 1. The van der Waals surface area contributed by atoms with Crippen LogP contribution in [-0.4, -0.2) is 36.0 Å². The van der Waals surface area contributed by atoms with Crippen molar-refractivity contribution in [3.8, 4) is 11.1 Å². The summed E-state index contributed by atoms with van der Waals surface area (Å²) in [4.78, 5) is 14.5. The number of nitrogens with zero attached hydrogens (tertiary/aromatic N) is 2. The molecular weight excluding hydrogens is 358 g/mol. The SMILES string of the molecule is CCCCCc1c(-c2ccc(Cl)cc2)c(C(N)=O)c(C)n1CCCN(C)C. The molecule has 1 amide bonds. The van der Waals surface area contributed by atoms with Gasteiger partial charge in [-0.25, -0.2) is 0 Å². The summed E-state index contributed by atoms with van der Waals surface area (Å²) in [6.07, 6.45) is 5.42. The van der Waals surface area contributed by atoms with Gasteiger partial charge in [0.2, 0.25) is 0 Å². The number of halogens is 1. The standard InChI is InChI=1S/C22H32ClN3O/c1-5-6-7-9-19-21(17-10-12-18(23)13-11-17)20(22(24)27)16(2)26(19)15-8-14-25(3)4/h10-13H,5-9,14-15H2,1-4H3,(H2,24,27). The zero-order chi connectivity index (χ0) is 20.0. The minimum Gasteiger partial charge on any atom is -0.366 e. The lowest BCUT2D eigenvalue weighted by atomic mass is 9.97. The van der Waals surface area contributed by atoms with E-state index in [0.717, 1.165) is 49.2 Å². The molecule has 2 N–H and O–H groups in total. The lowest BCUT2D eigenvalue weighted by Crippen LogP contribution is -2.17. The van der Waals surface area contributed by atoms with Crippen molar-refractivity contribution < 1.29 is 4.79 Å². The Morgan fingerprint density at radius 3 is 2.37 bits per heavy atom. The highest BCUT2D eigenvalue weighted by Gasteiger charge is 2.24. The van der Waals surface area contributed by atoms with Crippen molar-refractivity contribution in [2.75, 3.05) is 20.6 Å². The molecule has 27 heavy (non-hydrogen) atoms. The lowest BCUT2D eigenvalue weighted by Gasteiger charge is -2.15. The average Bonchev–Trinajstić information content (AvgIpc) is 2.88. The fourth-order valence-corrected chi connectivity index (χ4v) is 3.80. The molecule has 0 bridgehead atoms. The van der Waals surface area contributed by atoms with E-state index in [1.165, 1.54) is 18.5 Å². The molecule has 148 valence electrons. The second-order valence-electron chi connectivity index (χ2n) is 7.42. The summed E-state index contributed by atoms with van der Waals surface area (Å²) in [5.74, 6) is -0.361. The van der Waals surface area contributed by atoms with Gasteiger partial charge in [-0.2, -0.15) is 0 Å². The molecule has 4 nitrogen and oxygen atoms in total. The van der Waals surface area contributed by atoms with Gasteiger partial charge >= 0.3 is 0 Å². The van der Waals surface area contributed by atoms with Gasteiger partial charge in [-0.3, -0.25) is 4.79 Å². The van der Waals surface area contributed by atoms with Gasteiger partial charge in [0.15, 0.2) is 0 Å². The first-order valence-electron chi connectivity index (χ1n) is 9.79. The Kier molecular flexibility index (Phi) is 7.93. The zero-order valence-electron chi connectivity index (χ0n) is 17.0. The predicted octanol–water partition coefficient (Wildman–Crippen LogP) is 4.90. The molecule has 0 unspecified atom stereocenters. The summed E-state index contributed by atoms with van der Waals surface area (Å²) in [5, 5.41) is 0.689. The Labute approximate surface area is 168 Å². The molecule has 5 heteroatoms. The van der Waals surface area contributed by atoms with Crippen molar-refractivity contribution in [3.63, 3.8) is 0 Å². The molecule has 0 radical (unpaired) electrons. The number of benzene rings is 1. The second-order valence-corrected chi connectivity index (χ2v) is 7.86. The van der Waals surface area contributed by atoms with Crippen molar-refractivity contribution in [1.82, 2.24) is 9.47 Å². The molecule has 0 aliphatic carbocycles. The van der Waals surface area contributed by atoms with Crippen LogP contribution in [0, 0.1) is 6.92 Å². The van der Waals surface area contributed by atoms with Crippen LogP contribution in [0.1, 0.15) is 54.4 Å². The van der Waals surface area contributed by atoms with Gasteiger partial charge in [0.25, 0.3) is 5.91 Å². The van der Waals surface area contributed by atoms with Gasteiger partial charge in [0, 0.05) is 28.5 Å². The number of hydrogen-bond donors (Lipinski definition) is 1. The molecule has 1 aromatic heterocycles. The largest absolute Gasteiger partial charge is 0.366 e. The van der Waals surface area contributed by atoms with E-state index in [0.29, 0.717) is 10.6 Å². The maximum Gasteiger partial charge on any atom is 0.251 e. The molecule has 0 fully saturated rings. The Balaban J connectivity index is 2.55. The Morgan fingerprint density at radius 1 is 1.15 bits per heavy atom. The fraction of sp³-hybridized carbons (Fsp3) is 0.500. The highest BCUT2D eigenvalue weighted by molar-refractivity contribution is 6.30. The van der Waals surface area contributed by atoms with Gasteiger partial charge < -0.3 is 15.2 Å². The highest BCUT2D eigenvalue weighted by Crippen LogP contribution is 2.34. The van der Waals surface area contributed by atoms with Gasteiger partial charge in [0.1, 0.15) is 0 Å². The molecule has 0 spiro atoms. The molecule has 0 aliphatic heterocycles.